The first-order valence-corrected chi connectivity index (χ1v) is 5.00. The summed E-state index contributed by atoms with van der Waals surface area (Å²) in [5, 5.41) is 2.21. The molecule has 1 amide bonds. The van der Waals surface area contributed by atoms with Crippen LogP contribution in [0.4, 0.5) is 14.5 Å². The zero-order chi connectivity index (χ0) is 12.1. The van der Waals surface area contributed by atoms with E-state index in [2.05, 4.69) is 5.32 Å². The molecule has 3 N–H and O–H groups in total. The predicted molar refractivity (Wildman–Crippen MR) is 58.0 cm³/mol. The number of halogens is 2. The summed E-state index contributed by atoms with van der Waals surface area (Å²) in [6.45, 7) is 1.87. The van der Waals surface area contributed by atoms with Crippen molar-refractivity contribution in [2.75, 3.05) is 11.9 Å². The lowest BCUT2D eigenvalue weighted by Crippen LogP contribution is -2.15. The first kappa shape index (κ1) is 12.6. The van der Waals surface area contributed by atoms with E-state index < -0.39 is 17.5 Å². The molecule has 0 saturated carbocycles. The number of carbonyl (C=O) groups excluding carboxylic acids is 1. The van der Waals surface area contributed by atoms with E-state index in [1.165, 1.54) is 13.0 Å². The fourth-order valence-electron chi connectivity index (χ4n) is 1.24. The van der Waals surface area contributed by atoms with Gasteiger partial charge in [-0.15, -0.1) is 0 Å². The third-order valence-electron chi connectivity index (χ3n) is 2.16. The molecule has 0 unspecified atom stereocenters. The van der Waals surface area contributed by atoms with Gasteiger partial charge < -0.3 is 11.1 Å². The Labute approximate surface area is 92.6 Å². The minimum absolute atomic E-state index is 0.156. The van der Waals surface area contributed by atoms with Crippen molar-refractivity contribution in [3.8, 4) is 0 Å². The Kier molecular flexibility index (Phi) is 4.37. The molecule has 0 spiro atoms. The summed E-state index contributed by atoms with van der Waals surface area (Å²) in [5.41, 5.74) is 5.13. The summed E-state index contributed by atoms with van der Waals surface area (Å²) in [6, 6.07) is 2.44. The fourth-order valence-corrected chi connectivity index (χ4v) is 1.24. The molecule has 0 aliphatic rings. The maximum absolute atomic E-state index is 13.5. The molecule has 3 nitrogen and oxygen atoms in total. The Balaban J connectivity index is 2.80. The van der Waals surface area contributed by atoms with Gasteiger partial charge in [-0.05, 0) is 31.5 Å². The molecule has 0 aliphatic heterocycles. The van der Waals surface area contributed by atoms with Crippen LogP contribution in [0.15, 0.2) is 12.1 Å². The molecule has 0 bridgehead atoms. The van der Waals surface area contributed by atoms with Gasteiger partial charge in [0.2, 0.25) is 5.91 Å². The van der Waals surface area contributed by atoms with Gasteiger partial charge in [-0.1, -0.05) is 6.07 Å². The number of nitrogens with two attached hydrogens (primary N) is 1. The highest BCUT2D eigenvalue weighted by atomic mass is 19.1. The highest BCUT2D eigenvalue weighted by Crippen LogP contribution is 2.21. The Morgan fingerprint density at radius 1 is 1.44 bits per heavy atom. The number of rotatable bonds is 4. The lowest BCUT2D eigenvalue weighted by molar-refractivity contribution is -0.116. The van der Waals surface area contributed by atoms with E-state index in [0.29, 0.717) is 13.0 Å². The van der Waals surface area contributed by atoms with Crippen LogP contribution in [0, 0.1) is 18.6 Å². The number of hydrogen-bond acceptors (Lipinski definition) is 2. The van der Waals surface area contributed by atoms with Crippen LogP contribution in [0.5, 0.6) is 0 Å². The van der Waals surface area contributed by atoms with Crippen molar-refractivity contribution < 1.29 is 13.6 Å². The van der Waals surface area contributed by atoms with Crippen LogP contribution in [-0.2, 0) is 4.79 Å². The topological polar surface area (TPSA) is 55.1 Å². The zero-order valence-electron chi connectivity index (χ0n) is 9.02. The number of amides is 1. The Morgan fingerprint density at radius 2 is 2.12 bits per heavy atom. The summed E-state index contributed by atoms with van der Waals surface area (Å²) < 4.78 is 26.7. The van der Waals surface area contributed by atoms with E-state index >= 15 is 0 Å². The Bertz CT molecular complexity index is 394. The number of aryl methyl sites for hydroxylation is 1. The highest BCUT2D eigenvalue weighted by Gasteiger charge is 2.13. The molecule has 88 valence electrons. The second kappa shape index (κ2) is 5.55. The normalized spacial score (nSPS) is 10.2. The molecule has 1 rings (SSSR count). The van der Waals surface area contributed by atoms with Crippen LogP contribution in [0.2, 0.25) is 0 Å². The monoisotopic (exact) mass is 228 g/mol. The van der Waals surface area contributed by atoms with Crippen LogP contribution in [-0.4, -0.2) is 12.5 Å². The molecule has 0 saturated heterocycles. The van der Waals surface area contributed by atoms with E-state index in [1.54, 1.807) is 0 Å². The van der Waals surface area contributed by atoms with Crippen molar-refractivity contribution in [3.63, 3.8) is 0 Å². The second-order valence-corrected chi connectivity index (χ2v) is 3.49. The van der Waals surface area contributed by atoms with E-state index in [1.807, 2.05) is 0 Å². The van der Waals surface area contributed by atoms with Crippen molar-refractivity contribution in [2.24, 2.45) is 5.73 Å². The van der Waals surface area contributed by atoms with Gasteiger partial charge in [-0.3, -0.25) is 4.79 Å². The molecule has 0 fully saturated rings. The van der Waals surface area contributed by atoms with Gasteiger partial charge in [0, 0.05) is 6.42 Å². The quantitative estimate of drug-likeness (QED) is 0.827. The van der Waals surface area contributed by atoms with Gasteiger partial charge in [0.15, 0.2) is 5.82 Å². The predicted octanol–water partition coefficient (Wildman–Crippen LogP) is 1.95. The van der Waals surface area contributed by atoms with E-state index in [-0.39, 0.29) is 17.7 Å². The van der Waals surface area contributed by atoms with Crippen molar-refractivity contribution >= 4 is 11.6 Å². The average molecular weight is 228 g/mol. The fraction of sp³-hybridized carbons (Fsp3) is 0.364. The standard InChI is InChI=1S/C11H14F2N2O/c1-7-4-5-8(12)11(10(7)13)15-9(16)3-2-6-14/h4-5H,2-3,6,14H2,1H3,(H,15,16). The third kappa shape index (κ3) is 3.00. The number of benzene rings is 1. The molecule has 5 heteroatoms. The van der Waals surface area contributed by atoms with Crippen LogP contribution in [0.25, 0.3) is 0 Å². The van der Waals surface area contributed by atoms with E-state index in [9.17, 15) is 13.6 Å². The van der Waals surface area contributed by atoms with Gasteiger partial charge in [-0.2, -0.15) is 0 Å². The van der Waals surface area contributed by atoms with Gasteiger partial charge in [0.1, 0.15) is 11.5 Å². The number of carbonyl (C=O) groups is 1. The maximum Gasteiger partial charge on any atom is 0.224 e. The third-order valence-corrected chi connectivity index (χ3v) is 2.16. The minimum Gasteiger partial charge on any atom is -0.330 e. The minimum atomic E-state index is -0.774. The smallest absolute Gasteiger partial charge is 0.224 e. The molecule has 0 atom stereocenters. The molecular formula is C11H14F2N2O. The summed E-state index contributed by atoms with van der Waals surface area (Å²) in [7, 11) is 0. The van der Waals surface area contributed by atoms with Gasteiger partial charge >= 0.3 is 0 Å². The lowest BCUT2D eigenvalue weighted by atomic mass is 10.2. The zero-order valence-corrected chi connectivity index (χ0v) is 9.02. The molecule has 0 aliphatic carbocycles. The van der Waals surface area contributed by atoms with Gasteiger partial charge in [0.25, 0.3) is 0 Å². The van der Waals surface area contributed by atoms with E-state index in [0.717, 1.165) is 6.07 Å². The van der Waals surface area contributed by atoms with Crippen molar-refractivity contribution in [2.45, 2.75) is 19.8 Å². The molecule has 1 aromatic carbocycles. The lowest BCUT2D eigenvalue weighted by Gasteiger charge is -2.08. The van der Waals surface area contributed by atoms with Crippen molar-refractivity contribution in [1.82, 2.24) is 0 Å². The van der Waals surface area contributed by atoms with Crippen LogP contribution in [0.3, 0.4) is 0 Å². The van der Waals surface area contributed by atoms with Crippen LogP contribution in [0.1, 0.15) is 18.4 Å². The second-order valence-electron chi connectivity index (χ2n) is 3.49. The molecule has 0 radical (unpaired) electrons. The van der Waals surface area contributed by atoms with Crippen LogP contribution < -0.4 is 11.1 Å². The first-order valence-electron chi connectivity index (χ1n) is 5.00. The number of anilines is 1. The van der Waals surface area contributed by atoms with Crippen LogP contribution >= 0.6 is 0 Å². The summed E-state index contributed by atoms with van der Waals surface area (Å²) in [6.07, 6.45) is 0.643. The van der Waals surface area contributed by atoms with Crippen molar-refractivity contribution in [3.05, 3.63) is 29.3 Å². The maximum atomic E-state index is 13.5. The number of nitrogens with one attached hydrogen (secondary N) is 1. The highest BCUT2D eigenvalue weighted by molar-refractivity contribution is 5.91. The Hall–Kier alpha value is -1.49. The molecule has 1 aromatic rings. The molecular weight excluding hydrogens is 214 g/mol. The van der Waals surface area contributed by atoms with Gasteiger partial charge in [-0.25, -0.2) is 8.78 Å². The number of hydrogen-bond donors (Lipinski definition) is 2. The first-order chi connectivity index (χ1) is 7.56. The average Bonchev–Trinajstić information content (AvgIpc) is 2.27. The molecule has 0 heterocycles. The van der Waals surface area contributed by atoms with Crippen molar-refractivity contribution in [1.29, 1.82) is 0 Å². The summed E-state index contributed by atoms with van der Waals surface area (Å²) in [5.74, 6) is -1.95. The molecule has 16 heavy (non-hydrogen) atoms. The van der Waals surface area contributed by atoms with E-state index in [4.69, 9.17) is 5.73 Å². The van der Waals surface area contributed by atoms with Gasteiger partial charge in [0.05, 0.1) is 0 Å². The largest absolute Gasteiger partial charge is 0.330 e. The Morgan fingerprint density at radius 3 is 2.75 bits per heavy atom. The molecule has 0 aromatic heterocycles. The summed E-state index contributed by atoms with van der Waals surface area (Å²) >= 11 is 0. The summed E-state index contributed by atoms with van der Waals surface area (Å²) in [4.78, 5) is 11.3. The SMILES string of the molecule is Cc1ccc(F)c(NC(=O)CCCN)c1F.